The summed E-state index contributed by atoms with van der Waals surface area (Å²) in [4.78, 5) is 39.3. The average molecular weight is 602 g/mol. The van der Waals surface area contributed by atoms with Crippen LogP contribution in [-0.4, -0.2) is 47.6 Å². The number of carbonyl (C=O) groups excluding carboxylic acids is 3. The number of alkyl halides is 3. The minimum absolute atomic E-state index is 0.108. The summed E-state index contributed by atoms with van der Waals surface area (Å²) in [7, 11) is -6.01. The molecule has 2 heterocycles. The SMILES string of the molecule is O=C(OC(c1ccccc1)c1ccccc1)C1=C(S(=O)(=O)C(F)(F)F)CS[C@@H]2C(C(=O)Cc3ccccc3)C(=O)N12. The Hall–Kier alpha value is -3.90. The summed E-state index contributed by atoms with van der Waals surface area (Å²) in [6.45, 7) is 0. The van der Waals surface area contributed by atoms with Gasteiger partial charge in [0.2, 0.25) is 5.91 Å². The van der Waals surface area contributed by atoms with E-state index in [-0.39, 0.29) is 6.42 Å². The number of amides is 1. The van der Waals surface area contributed by atoms with Crippen LogP contribution in [0.2, 0.25) is 0 Å². The molecule has 0 aliphatic carbocycles. The van der Waals surface area contributed by atoms with Gasteiger partial charge in [-0.15, -0.1) is 11.8 Å². The largest absolute Gasteiger partial charge is 0.501 e. The Morgan fingerprint density at radius 1 is 0.902 bits per heavy atom. The first-order valence-electron chi connectivity index (χ1n) is 12.4. The highest BCUT2D eigenvalue weighted by atomic mass is 32.2. The van der Waals surface area contributed by atoms with Crippen molar-refractivity contribution in [1.29, 1.82) is 0 Å². The van der Waals surface area contributed by atoms with Gasteiger partial charge in [-0.3, -0.25) is 14.5 Å². The fraction of sp³-hybridized carbons (Fsp3) is 0.207. The predicted octanol–water partition coefficient (Wildman–Crippen LogP) is 4.81. The van der Waals surface area contributed by atoms with E-state index in [9.17, 15) is 36.0 Å². The van der Waals surface area contributed by atoms with Crippen LogP contribution in [0.5, 0.6) is 0 Å². The van der Waals surface area contributed by atoms with E-state index < -0.39 is 66.8 Å². The third-order valence-corrected chi connectivity index (χ3v) is 9.81. The number of nitrogens with zero attached hydrogens (tertiary/aromatic N) is 1. The van der Waals surface area contributed by atoms with Gasteiger partial charge in [-0.1, -0.05) is 91.0 Å². The molecule has 0 N–H and O–H groups in total. The molecule has 2 aliphatic heterocycles. The van der Waals surface area contributed by atoms with Gasteiger partial charge in [0.25, 0.3) is 9.84 Å². The highest BCUT2D eigenvalue weighted by Gasteiger charge is 2.60. The molecule has 0 aromatic heterocycles. The molecular formula is C29H22F3NO6S2. The van der Waals surface area contributed by atoms with Crippen molar-refractivity contribution in [1.82, 2.24) is 4.90 Å². The predicted molar refractivity (Wildman–Crippen MR) is 145 cm³/mol. The summed E-state index contributed by atoms with van der Waals surface area (Å²) in [5.74, 6) is -4.88. The smallest absolute Gasteiger partial charge is 0.448 e. The van der Waals surface area contributed by atoms with Crippen molar-refractivity contribution in [3.63, 3.8) is 0 Å². The number of carbonyl (C=O) groups is 3. The summed E-state index contributed by atoms with van der Waals surface area (Å²) in [5, 5.41) is -1.06. The van der Waals surface area contributed by atoms with Crippen LogP contribution < -0.4 is 0 Å². The number of ether oxygens (including phenoxy) is 1. The first-order chi connectivity index (χ1) is 19.5. The Bertz CT molecular complexity index is 1570. The Balaban J connectivity index is 1.53. The lowest BCUT2D eigenvalue weighted by molar-refractivity contribution is -0.159. The van der Waals surface area contributed by atoms with E-state index in [4.69, 9.17) is 4.74 Å². The number of Topliss-reactive ketones (excluding diaryl/α,β-unsaturated/α-hetero) is 1. The lowest BCUT2D eigenvalue weighted by atomic mass is 9.88. The summed E-state index contributed by atoms with van der Waals surface area (Å²) >= 11 is 0.687. The molecule has 0 radical (unpaired) electrons. The van der Waals surface area contributed by atoms with Gasteiger partial charge in [-0.25, -0.2) is 13.2 Å². The summed E-state index contributed by atoms with van der Waals surface area (Å²) < 4.78 is 71.9. The van der Waals surface area contributed by atoms with Gasteiger partial charge in [0, 0.05) is 12.2 Å². The van der Waals surface area contributed by atoms with Crippen LogP contribution >= 0.6 is 11.8 Å². The molecule has 41 heavy (non-hydrogen) atoms. The molecular weight excluding hydrogens is 579 g/mol. The molecule has 2 aliphatic rings. The zero-order chi connectivity index (χ0) is 29.4. The lowest BCUT2D eigenvalue weighted by Crippen LogP contribution is -2.64. The van der Waals surface area contributed by atoms with E-state index in [1.807, 2.05) is 0 Å². The number of halogens is 3. The van der Waals surface area contributed by atoms with Gasteiger partial charge in [0.15, 0.2) is 11.9 Å². The Morgan fingerprint density at radius 2 is 1.41 bits per heavy atom. The standard InChI is InChI=1S/C29H22F3NO6S2/c30-29(31,32)41(37,38)22-17-40-27-23(21(34)16-18-10-4-1-5-11-18)26(35)33(27)24(22)28(36)39-25(19-12-6-2-7-13-19)20-14-8-3-9-15-20/h1-15,23,25,27H,16-17H2/t23?,27-/m1/s1. The Kier molecular flexibility index (Phi) is 7.80. The number of thioether (sulfide) groups is 1. The third-order valence-electron chi connectivity index (χ3n) is 6.75. The maximum atomic E-state index is 13.7. The van der Waals surface area contributed by atoms with Crippen molar-refractivity contribution < 1.29 is 40.7 Å². The van der Waals surface area contributed by atoms with E-state index in [1.54, 1.807) is 91.0 Å². The zero-order valence-electron chi connectivity index (χ0n) is 21.2. The minimum Gasteiger partial charge on any atom is -0.448 e. The van der Waals surface area contributed by atoms with E-state index in [2.05, 4.69) is 0 Å². The molecule has 12 heteroatoms. The van der Waals surface area contributed by atoms with Gasteiger partial charge in [-0.2, -0.15) is 13.2 Å². The van der Waals surface area contributed by atoms with Crippen molar-refractivity contribution in [3.8, 4) is 0 Å². The number of benzene rings is 3. The fourth-order valence-corrected chi connectivity index (χ4v) is 7.56. The molecule has 2 atom stereocenters. The molecule has 212 valence electrons. The molecule has 5 rings (SSSR count). The third kappa shape index (κ3) is 5.41. The van der Waals surface area contributed by atoms with Crippen LogP contribution in [0.4, 0.5) is 13.2 Å². The van der Waals surface area contributed by atoms with Gasteiger partial charge in [0.1, 0.15) is 17.0 Å². The van der Waals surface area contributed by atoms with Crippen LogP contribution in [0.25, 0.3) is 0 Å². The van der Waals surface area contributed by atoms with Crippen LogP contribution in [-0.2, 0) is 35.4 Å². The van der Waals surface area contributed by atoms with Crippen molar-refractivity contribution in [2.24, 2.45) is 5.92 Å². The maximum absolute atomic E-state index is 13.7. The number of β-lactam (4-membered cyclic amide) rings is 1. The molecule has 0 saturated carbocycles. The number of esters is 1. The summed E-state index contributed by atoms with van der Waals surface area (Å²) in [6.07, 6.45) is -1.23. The topological polar surface area (TPSA) is 97.8 Å². The number of hydrogen-bond donors (Lipinski definition) is 0. The summed E-state index contributed by atoms with van der Waals surface area (Å²) in [5.41, 5.74) is -5.16. The molecule has 7 nitrogen and oxygen atoms in total. The number of hydrogen-bond acceptors (Lipinski definition) is 7. The van der Waals surface area contributed by atoms with Crippen LogP contribution in [0, 0.1) is 5.92 Å². The second-order valence-corrected chi connectivity index (χ2v) is 12.4. The molecule has 3 aromatic rings. The van der Waals surface area contributed by atoms with Gasteiger partial charge >= 0.3 is 11.5 Å². The van der Waals surface area contributed by atoms with Gasteiger partial charge in [0.05, 0.1) is 4.91 Å². The van der Waals surface area contributed by atoms with E-state index in [0.29, 0.717) is 33.4 Å². The second-order valence-electron chi connectivity index (χ2n) is 9.34. The fourth-order valence-electron chi connectivity index (χ4n) is 4.74. The molecule has 3 aromatic carbocycles. The van der Waals surface area contributed by atoms with Crippen LogP contribution in [0.15, 0.2) is 102 Å². The minimum atomic E-state index is -6.01. The van der Waals surface area contributed by atoms with E-state index >= 15 is 0 Å². The Labute approximate surface area is 237 Å². The van der Waals surface area contributed by atoms with E-state index in [0.717, 1.165) is 0 Å². The maximum Gasteiger partial charge on any atom is 0.501 e. The van der Waals surface area contributed by atoms with Gasteiger partial charge < -0.3 is 4.74 Å². The van der Waals surface area contributed by atoms with Crippen LogP contribution in [0.1, 0.15) is 22.8 Å². The molecule has 1 unspecified atom stereocenters. The molecule has 0 bridgehead atoms. The monoisotopic (exact) mass is 601 g/mol. The molecule has 1 saturated heterocycles. The molecule has 1 fully saturated rings. The molecule has 0 spiro atoms. The second kappa shape index (κ2) is 11.2. The van der Waals surface area contributed by atoms with E-state index in [1.165, 1.54) is 0 Å². The van der Waals surface area contributed by atoms with Crippen molar-refractivity contribution in [2.45, 2.75) is 23.4 Å². The first-order valence-corrected chi connectivity index (χ1v) is 14.9. The number of rotatable bonds is 8. The van der Waals surface area contributed by atoms with Crippen molar-refractivity contribution in [2.75, 3.05) is 5.75 Å². The van der Waals surface area contributed by atoms with Crippen molar-refractivity contribution >= 4 is 39.3 Å². The highest BCUT2D eigenvalue weighted by molar-refractivity contribution is 8.03. The average Bonchev–Trinajstić information content (AvgIpc) is 2.95. The quantitative estimate of drug-likeness (QED) is 0.208. The Morgan fingerprint density at radius 3 is 1.93 bits per heavy atom. The van der Waals surface area contributed by atoms with Crippen LogP contribution in [0.3, 0.4) is 0 Å². The number of fused-ring (bicyclic) bond motifs is 1. The number of ketones is 1. The number of sulfone groups is 1. The highest BCUT2D eigenvalue weighted by Crippen LogP contribution is 2.48. The lowest BCUT2D eigenvalue weighted by Gasteiger charge is -2.49. The van der Waals surface area contributed by atoms with Gasteiger partial charge in [-0.05, 0) is 16.7 Å². The molecule has 1 amide bonds. The first kappa shape index (κ1) is 28.6. The normalized spacial score (nSPS) is 19.0. The zero-order valence-corrected chi connectivity index (χ0v) is 22.8. The van der Waals surface area contributed by atoms with Crippen molar-refractivity contribution in [3.05, 3.63) is 118 Å². The summed E-state index contributed by atoms with van der Waals surface area (Å²) in [6, 6.07) is 25.3.